The smallest absolute Gasteiger partial charge is 0.223 e. The molecule has 2 amide bonds. The van der Waals surface area contributed by atoms with Crippen LogP contribution in [0.3, 0.4) is 0 Å². The van der Waals surface area contributed by atoms with E-state index in [9.17, 15) is 37.1 Å². The molecule has 3 unspecified atom stereocenters. The highest BCUT2D eigenvalue weighted by Gasteiger charge is 2.27. The van der Waals surface area contributed by atoms with Gasteiger partial charge in [0.25, 0.3) is 0 Å². The van der Waals surface area contributed by atoms with Crippen molar-refractivity contribution in [3.8, 4) is 5.75 Å². The molecule has 0 aliphatic carbocycles. The van der Waals surface area contributed by atoms with Gasteiger partial charge in [0.15, 0.2) is 17.4 Å². The Balaban J connectivity index is 1.99. The third-order valence-corrected chi connectivity index (χ3v) is 5.55. The van der Waals surface area contributed by atoms with E-state index in [-0.39, 0.29) is 25.5 Å². The Labute approximate surface area is 211 Å². The van der Waals surface area contributed by atoms with Crippen molar-refractivity contribution in [1.29, 1.82) is 0 Å². The molecule has 8 nitrogen and oxygen atoms in total. The van der Waals surface area contributed by atoms with Crippen molar-refractivity contribution in [2.24, 2.45) is 5.92 Å². The zero-order valence-corrected chi connectivity index (χ0v) is 19.9. The molecule has 0 aliphatic heterocycles. The Morgan fingerprint density at radius 3 is 2.27 bits per heavy atom. The summed E-state index contributed by atoms with van der Waals surface area (Å²) in [5.41, 5.74) is 1.05. The lowest BCUT2D eigenvalue weighted by Crippen LogP contribution is -2.48. The zero-order chi connectivity index (χ0) is 27.2. The second kappa shape index (κ2) is 15.6. The van der Waals surface area contributed by atoms with E-state index in [2.05, 4.69) is 16.0 Å². The van der Waals surface area contributed by atoms with Crippen LogP contribution < -0.4 is 20.7 Å². The van der Waals surface area contributed by atoms with Gasteiger partial charge in [-0.25, -0.2) is 8.78 Å². The first-order chi connectivity index (χ1) is 17.8. The van der Waals surface area contributed by atoms with Gasteiger partial charge in [0.05, 0.1) is 6.04 Å². The number of nitrogens with one attached hydrogen (secondary N) is 3. The molecule has 0 aliphatic rings. The lowest BCUT2D eigenvalue weighted by Gasteiger charge is -2.25. The lowest BCUT2D eigenvalue weighted by molar-refractivity contribution is -0.127. The van der Waals surface area contributed by atoms with E-state index in [0.29, 0.717) is 32.2 Å². The second-order valence-electron chi connectivity index (χ2n) is 8.20. The molecule has 2 rings (SSSR count). The molecule has 0 saturated heterocycles. The van der Waals surface area contributed by atoms with E-state index >= 15 is 0 Å². The summed E-state index contributed by atoms with van der Waals surface area (Å²) in [6.45, 7) is 0.348. The summed E-state index contributed by atoms with van der Waals surface area (Å²) in [6.07, 6.45) is -0.488. The van der Waals surface area contributed by atoms with Crippen molar-refractivity contribution in [3.63, 3.8) is 0 Å². The summed E-state index contributed by atoms with van der Waals surface area (Å²) in [6, 6.07) is 8.36. The third kappa shape index (κ3) is 9.47. The Morgan fingerprint density at radius 1 is 1.00 bits per heavy atom. The summed E-state index contributed by atoms with van der Waals surface area (Å²) in [7, 11) is 0. The molecule has 0 aromatic heterocycles. The number of ether oxygens (including phenoxy) is 1. The van der Waals surface area contributed by atoms with E-state index in [1.165, 1.54) is 0 Å². The highest BCUT2D eigenvalue weighted by Crippen LogP contribution is 2.26. The maximum absolute atomic E-state index is 13.8. The molecule has 202 valence electrons. The summed E-state index contributed by atoms with van der Waals surface area (Å²) in [5.74, 6) is -9.46. The summed E-state index contributed by atoms with van der Waals surface area (Å²) in [5, 5.41) is 18.6. The Morgan fingerprint density at radius 2 is 1.65 bits per heavy atom. The number of rotatable bonds is 17. The van der Waals surface area contributed by atoms with Crippen molar-refractivity contribution in [1.82, 2.24) is 16.0 Å². The van der Waals surface area contributed by atoms with Gasteiger partial charge in [0, 0.05) is 31.5 Å². The number of amides is 2. The number of hydrogen-bond acceptors (Lipinski definition) is 6. The minimum absolute atomic E-state index is 0.0116. The van der Waals surface area contributed by atoms with Crippen LogP contribution in [0.25, 0.3) is 0 Å². The molecular weight excluding hydrogens is 498 g/mol. The van der Waals surface area contributed by atoms with Crippen LogP contribution in [0.15, 0.2) is 36.4 Å². The Kier molecular flexibility index (Phi) is 12.5. The molecule has 0 radical (unpaired) electrons. The van der Waals surface area contributed by atoms with Gasteiger partial charge in [0.1, 0.15) is 19.0 Å². The number of benzene rings is 2. The van der Waals surface area contributed by atoms with Gasteiger partial charge < -0.3 is 30.6 Å². The SMILES string of the molecule is O=CCC(NC(=O)C(CCNC=O)CCNCc1ccccc1)C(O)COc1c(F)c(F)cc(F)c1F. The van der Waals surface area contributed by atoms with Gasteiger partial charge >= 0.3 is 0 Å². The molecule has 0 spiro atoms. The Bertz CT molecular complexity index is 1000. The highest BCUT2D eigenvalue weighted by atomic mass is 19.2. The van der Waals surface area contributed by atoms with E-state index < -0.39 is 59.6 Å². The molecule has 0 saturated carbocycles. The van der Waals surface area contributed by atoms with E-state index in [4.69, 9.17) is 4.74 Å². The van der Waals surface area contributed by atoms with Crippen LogP contribution in [0.2, 0.25) is 0 Å². The van der Waals surface area contributed by atoms with Crippen molar-refractivity contribution < 1.29 is 41.8 Å². The molecule has 0 fully saturated rings. The summed E-state index contributed by atoms with van der Waals surface area (Å²) >= 11 is 0. The Hall–Kier alpha value is -3.51. The molecule has 0 bridgehead atoms. The zero-order valence-electron chi connectivity index (χ0n) is 19.9. The number of aliphatic hydroxyl groups excluding tert-OH is 1. The number of aliphatic hydroxyl groups is 1. The quantitative estimate of drug-likeness (QED) is 0.108. The molecule has 2 aromatic rings. The van der Waals surface area contributed by atoms with Crippen molar-refractivity contribution in [3.05, 3.63) is 65.2 Å². The van der Waals surface area contributed by atoms with Crippen LogP contribution in [-0.4, -0.2) is 55.6 Å². The third-order valence-electron chi connectivity index (χ3n) is 5.55. The van der Waals surface area contributed by atoms with Crippen LogP contribution in [-0.2, 0) is 20.9 Å². The summed E-state index contributed by atoms with van der Waals surface area (Å²) < 4.78 is 59.1. The number of carbonyl (C=O) groups is 3. The van der Waals surface area contributed by atoms with Crippen LogP contribution in [0.1, 0.15) is 24.8 Å². The predicted molar refractivity (Wildman–Crippen MR) is 125 cm³/mol. The topological polar surface area (TPSA) is 117 Å². The lowest BCUT2D eigenvalue weighted by atomic mass is 9.98. The maximum Gasteiger partial charge on any atom is 0.223 e. The summed E-state index contributed by atoms with van der Waals surface area (Å²) in [4.78, 5) is 34.6. The van der Waals surface area contributed by atoms with E-state index in [1.54, 1.807) is 0 Å². The van der Waals surface area contributed by atoms with Crippen LogP contribution >= 0.6 is 0 Å². The first-order valence-electron chi connectivity index (χ1n) is 11.6. The number of hydrogen-bond donors (Lipinski definition) is 4. The van der Waals surface area contributed by atoms with Crippen molar-refractivity contribution >= 4 is 18.6 Å². The maximum atomic E-state index is 13.8. The normalized spacial score (nSPS) is 13.3. The van der Waals surface area contributed by atoms with Crippen LogP contribution in [0.4, 0.5) is 17.6 Å². The predicted octanol–water partition coefficient (Wildman–Crippen LogP) is 1.99. The van der Waals surface area contributed by atoms with Gasteiger partial charge in [-0.2, -0.15) is 8.78 Å². The minimum atomic E-state index is -1.78. The van der Waals surface area contributed by atoms with E-state index in [1.807, 2.05) is 30.3 Å². The fourth-order valence-corrected chi connectivity index (χ4v) is 3.51. The van der Waals surface area contributed by atoms with Gasteiger partial charge in [-0.3, -0.25) is 9.59 Å². The standard InChI is InChI=1S/C25H29F4N3O5/c26-18-12-19(27)23(29)24(22(18)28)37-14-21(35)20(8-11-33)32-25(36)17(7-10-31-15-34)6-9-30-13-16-4-2-1-3-5-16/h1-5,11-12,15,17,20-21,30,35H,6-10,13-14H2,(H,31,34)(H,32,36). The largest absolute Gasteiger partial charge is 0.485 e. The van der Waals surface area contributed by atoms with E-state index in [0.717, 1.165) is 5.56 Å². The molecule has 2 aromatic carbocycles. The average molecular weight is 528 g/mol. The first kappa shape index (κ1) is 29.7. The molecule has 4 N–H and O–H groups in total. The van der Waals surface area contributed by atoms with Gasteiger partial charge in [-0.05, 0) is 24.9 Å². The number of halogens is 4. The molecule has 0 heterocycles. The van der Waals surface area contributed by atoms with Gasteiger partial charge in [0.2, 0.25) is 24.0 Å². The fraction of sp³-hybridized carbons (Fsp3) is 0.400. The van der Waals surface area contributed by atoms with Gasteiger partial charge in [-0.15, -0.1) is 0 Å². The molecular formula is C25H29F4N3O5. The molecule has 12 heteroatoms. The number of carbonyl (C=O) groups excluding carboxylic acids is 3. The molecule has 3 atom stereocenters. The van der Waals surface area contributed by atoms with Crippen LogP contribution in [0, 0.1) is 29.2 Å². The first-order valence-corrected chi connectivity index (χ1v) is 11.6. The highest BCUT2D eigenvalue weighted by molar-refractivity contribution is 5.79. The van der Waals surface area contributed by atoms with Crippen molar-refractivity contribution in [2.75, 3.05) is 19.7 Å². The van der Waals surface area contributed by atoms with Gasteiger partial charge in [-0.1, -0.05) is 30.3 Å². The average Bonchev–Trinajstić information content (AvgIpc) is 2.89. The molecule has 37 heavy (non-hydrogen) atoms. The minimum Gasteiger partial charge on any atom is -0.485 e. The van der Waals surface area contributed by atoms with Crippen LogP contribution in [0.5, 0.6) is 5.75 Å². The monoisotopic (exact) mass is 527 g/mol. The number of aldehydes is 1. The second-order valence-corrected chi connectivity index (χ2v) is 8.20. The fourth-order valence-electron chi connectivity index (χ4n) is 3.51. The van der Waals surface area contributed by atoms with Crippen molar-refractivity contribution in [2.45, 2.75) is 38.0 Å².